The minimum absolute atomic E-state index is 0. The lowest BCUT2D eigenvalue weighted by atomic mass is 10.2. The number of alkyl halides is 2. The van der Waals surface area contributed by atoms with Gasteiger partial charge in [0.05, 0.1) is 12.7 Å². The molecule has 148 valence electrons. The summed E-state index contributed by atoms with van der Waals surface area (Å²) >= 11 is 0. The molecule has 0 bridgehead atoms. The van der Waals surface area contributed by atoms with Crippen molar-refractivity contribution < 1.29 is 18.3 Å². The number of rotatable bonds is 8. The summed E-state index contributed by atoms with van der Waals surface area (Å²) in [5.41, 5.74) is 0.948. The summed E-state index contributed by atoms with van der Waals surface area (Å²) in [5.74, 6) is 1.55. The van der Waals surface area contributed by atoms with Crippen LogP contribution in [0.25, 0.3) is 0 Å². The van der Waals surface area contributed by atoms with E-state index in [2.05, 4.69) is 20.0 Å². The van der Waals surface area contributed by atoms with Crippen LogP contribution in [0.15, 0.2) is 53.8 Å². The van der Waals surface area contributed by atoms with Gasteiger partial charge in [0, 0.05) is 26.8 Å². The van der Waals surface area contributed by atoms with Gasteiger partial charge in [0.2, 0.25) is 0 Å². The van der Waals surface area contributed by atoms with Crippen LogP contribution in [-0.4, -0.2) is 49.7 Å². The quantitative estimate of drug-likeness (QED) is 0.265. The number of aromatic nitrogens is 1. The Balaban J connectivity index is 0.00000364. The number of hydrogen-bond acceptors (Lipinski definition) is 4. The number of nitrogens with zero attached hydrogens (tertiary/aromatic N) is 3. The first kappa shape index (κ1) is 22.9. The van der Waals surface area contributed by atoms with Crippen molar-refractivity contribution in [3.05, 3.63) is 54.4 Å². The fourth-order valence-electron chi connectivity index (χ4n) is 2.27. The smallest absolute Gasteiger partial charge is 0.387 e. The standard InChI is InChI=1S/C18H22F2N4O2.HI/c1-21-18(23-10-11-25-16-4-3-9-22-12-16)24(2)13-14-5-7-15(8-6-14)26-17(19)20;/h3-9,12,17H,10-11,13H2,1-2H3,(H,21,23);1H. The molecular weight excluding hydrogens is 469 g/mol. The molecule has 2 rings (SSSR count). The summed E-state index contributed by atoms with van der Waals surface area (Å²) in [4.78, 5) is 10.1. The SMILES string of the molecule is CN=C(NCCOc1cccnc1)N(C)Cc1ccc(OC(F)F)cc1.I. The number of halogens is 3. The Morgan fingerprint density at radius 2 is 1.96 bits per heavy atom. The maximum absolute atomic E-state index is 12.2. The topological polar surface area (TPSA) is 59.0 Å². The third-order valence-electron chi connectivity index (χ3n) is 3.43. The summed E-state index contributed by atoms with van der Waals surface area (Å²) in [6, 6.07) is 10.2. The van der Waals surface area contributed by atoms with E-state index in [9.17, 15) is 8.78 Å². The van der Waals surface area contributed by atoms with Crippen molar-refractivity contribution in [1.82, 2.24) is 15.2 Å². The van der Waals surface area contributed by atoms with Crippen molar-refractivity contribution in [1.29, 1.82) is 0 Å². The fraction of sp³-hybridized carbons (Fsp3) is 0.333. The first-order chi connectivity index (χ1) is 12.6. The maximum Gasteiger partial charge on any atom is 0.387 e. The number of guanidine groups is 1. The van der Waals surface area contributed by atoms with Gasteiger partial charge in [-0.2, -0.15) is 8.78 Å². The van der Waals surface area contributed by atoms with Crippen LogP contribution in [0.1, 0.15) is 5.56 Å². The van der Waals surface area contributed by atoms with Crippen LogP contribution in [-0.2, 0) is 6.54 Å². The molecule has 1 heterocycles. The van der Waals surface area contributed by atoms with E-state index >= 15 is 0 Å². The van der Waals surface area contributed by atoms with E-state index in [1.165, 1.54) is 12.1 Å². The summed E-state index contributed by atoms with van der Waals surface area (Å²) in [7, 11) is 3.58. The molecule has 0 aliphatic heterocycles. The zero-order valence-corrected chi connectivity index (χ0v) is 17.5. The van der Waals surface area contributed by atoms with Gasteiger partial charge in [-0.05, 0) is 29.8 Å². The lowest BCUT2D eigenvalue weighted by molar-refractivity contribution is -0.0498. The molecule has 9 heteroatoms. The van der Waals surface area contributed by atoms with Crippen molar-refractivity contribution in [2.75, 3.05) is 27.2 Å². The van der Waals surface area contributed by atoms with Gasteiger partial charge in [0.25, 0.3) is 0 Å². The van der Waals surface area contributed by atoms with Crippen LogP contribution in [0.4, 0.5) is 8.78 Å². The van der Waals surface area contributed by atoms with Crippen LogP contribution >= 0.6 is 24.0 Å². The van der Waals surface area contributed by atoms with Gasteiger partial charge >= 0.3 is 6.61 Å². The normalized spacial score (nSPS) is 10.9. The number of nitrogens with one attached hydrogen (secondary N) is 1. The lowest BCUT2D eigenvalue weighted by Gasteiger charge is -2.22. The molecule has 27 heavy (non-hydrogen) atoms. The van der Waals surface area contributed by atoms with Gasteiger partial charge in [-0.3, -0.25) is 9.98 Å². The molecule has 0 aliphatic carbocycles. The van der Waals surface area contributed by atoms with Gasteiger partial charge in [0.15, 0.2) is 5.96 Å². The molecular formula is C18H23F2IN4O2. The van der Waals surface area contributed by atoms with Crippen LogP contribution in [0.5, 0.6) is 11.5 Å². The van der Waals surface area contributed by atoms with Crippen LogP contribution in [0, 0.1) is 0 Å². The highest BCUT2D eigenvalue weighted by Crippen LogP contribution is 2.15. The highest BCUT2D eigenvalue weighted by atomic mass is 127. The van der Waals surface area contributed by atoms with Crippen molar-refractivity contribution in [2.24, 2.45) is 4.99 Å². The van der Waals surface area contributed by atoms with Crippen molar-refractivity contribution in [2.45, 2.75) is 13.2 Å². The molecule has 0 unspecified atom stereocenters. The predicted molar refractivity (Wildman–Crippen MR) is 111 cm³/mol. The highest BCUT2D eigenvalue weighted by molar-refractivity contribution is 14.0. The molecule has 0 saturated carbocycles. The first-order valence-corrected chi connectivity index (χ1v) is 8.07. The van der Waals surface area contributed by atoms with Crippen molar-refractivity contribution in [3.8, 4) is 11.5 Å². The summed E-state index contributed by atoms with van der Waals surface area (Å²) in [5, 5.41) is 3.20. The Hall–Kier alpha value is -2.17. The molecule has 2 aromatic rings. The Bertz CT molecular complexity index is 688. The van der Waals surface area contributed by atoms with Crippen molar-refractivity contribution >= 4 is 29.9 Å². The number of hydrogen-bond donors (Lipinski definition) is 1. The number of aliphatic imine (C=N–C) groups is 1. The molecule has 0 atom stereocenters. The third kappa shape index (κ3) is 8.37. The van der Waals surface area contributed by atoms with Crippen LogP contribution in [0.3, 0.4) is 0 Å². The summed E-state index contributed by atoms with van der Waals surface area (Å²) in [6.45, 7) is -1.20. The van der Waals surface area contributed by atoms with E-state index in [1.807, 2.05) is 24.1 Å². The van der Waals surface area contributed by atoms with Crippen LogP contribution in [0.2, 0.25) is 0 Å². The molecule has 0 saturated heterocycles. The predicted octanol–water partition coefficient (Wildman–Crippen LogP) is 3.39. The van der Waals surface area contributed by atoms with Gasteiger partial charge in [-0.15, -0.1) is 24.0 Å². The zero-order chi connectivity index (χ0) is 18.8. The molecule has 0 spiro atoms. The minimum Gasteiger partial charge on any atom is -0.490 e. The highest BCUT2D eigenvalue weighted by Gasteiger charge is 2.08. The van der Waals surface area contributed by atoms with Crippen molar-refractivity contribution in [3.63, 3.8) is 0 Å². The fourth-order valence-corrected chi connectivity index (χ4v) is 2.27. The Kier molecular flexibility index (Phi) is 10.4. The molecule has 1 N–H and O–H groups in total. The van der Waals surface area contributed by atoms with Crippen LogP contribution < -0.4 is 14.8 Å². The average Bonchev–Trinajstić information content (AvgIpc) is 2.64. The van der Waals surface area contributed by atoms with E-state index in [4.69, 9.17) is 4.74 Å². The van der Waals surface area contributed by atoms with Gasteiger partial charge in [0.1, 0.15) is 18.1 Å². The number of ether oxygens (including phenoxy) is 2. The zero-order valence-electron chi connectivity index (χ0n) is 15.1. The molecule has 0 aliphatic rings. The number of pyridine rings is 1. The second kappa shape index (κ2) is 12.3. The van der Waals surface area contributed by atoms with Gasteiger partial charge < -0.3 is 19.7 Å². The third-order valence-corrected chi connectivity index (χ3v) is 3.43. The summed E-state index contributed by atoms with van der Waals surface area (Å²) in [6.07, 6.45) is 3.34. The van der Waals surface area contributed by atoms with E-state index in [-0.39, 0.29) is 29.7 Å². The Morgan fingerprint density at radius 1 is 1.22 bits per heavy atom. The first-order valence-electron chi connectivity index (χ1n) is 8.07. The van der Waals surface area contributed by atoms with Gasteiger partial charge in [-0.25, -0.2) is 0 Å². The molecule has 0 radical (unpaired) electrons. The molecule has 0 amide bonds. The number of benzene rings is 1. The monoisotopic (exact) mass is 492 g/mol. The summed E-state index contributed by atoms with van der Waals surface area (Å²) < 4.78 is 34.3. The maximum atomic E-state index is 12.2. The molecule has 0 fully saturated rings. The largest absolute Gasteiger partial charge is 0.490 e. The van der Waals surface area contributed by atoms with E-state index in [0.717, 1.165) is 5.56 Å². The molecule has 6 nitrogen and oxygen atoms in total. The van der Waals surface area contributed by atoms with E-state index < -0.39 is 6.61 Å². The minimum atomic E-state index is -2.82. The van der Waals surface area contributed by atoms with E-state index in [1.54, 1.807) is 31.6 Å². The second-order valence-electron chi connectivity index (χ2n) is 5.39. The molecule has 1 aromatic carbocycles. The lowest BCUT2D eigenvalue weighted by Crippen LogP contribution is -2.40. The molecule has 1 aromatic heterocycles. The van der Waals surface area contributed by atoms with Gasteiger partial charge in [-0.1, -0.05) is 12.1 Å². The Morgan fingerprint density at radius 3 is 2.56 bits per heavy atom. The van der Waals surface area contributed by atoms with E-state index in [0.29, 0.717) is 31.4 Å². The average molecular weight is 492 g/mol. The second-order valence-corrected chi connectivity index (χ2v) is 5.39. The Labute approximate surface area is 174 Å².